The summed E-state index contributed by atoms with van der Waals surface area (Å²) < 4.78 is 5.61. The second kappa shape index (κ2) is 3.86. The highest BCUT2D eigenvalue weighted by Crippen LogP contribution is 2.35. The van der Waals surface area contributed by atoms with Gasteiger partial charge in [-0.15, -0.1) is 11.3 Å². The van der Waals surface area contributed by atoms with Gasteiger partial charge in [0.1, 0.15) is 15.0 Å². The SMILES string of the molecule is Cc1nc2c(sc3nc4ccccc4c(C)c32)c(=O)o1. The molecule has 0 atom stereocenters. The molecule has 4 rings (SSSR count). The van der Waals surface area contributed by atoms with E-state index in [1.54, 1.807) is 6.92 Å². The summed E-state index contributed by atoms with van der Waals surface area (Å²) in [7, 11) is 0. The van der Waals surface area contributed by atoms with Crippen LogP contribution in [0.4, 0.5) is 0 Å². The number of aryl methyl sites for hydroxylation is 2. The Morgan fingerprint density at radius 3 is 2.80 bits per heavy atom. The van der Waals surface area contributed by atoms with Gasteiger partial charge in [0, 0.05) is 17.7 Å². The van der Waals surface area contributed by atoms with Gasteiger partial charge in [0.15, 0.2) is 5.89 Å². The van der Waals surface area contributed by atoms with Gasteiger partial charge >= 0.3 is 5.63 Å². The molecule has 0 saturated carbocycles. The van der Waals surface area contributed by atoms with Crippen LogP contribution in [0.3, 0.4) is 0 Å². The number of thiophene rings is 1. The lowest BCUT2D eigenvalue weighted by molar-refractivity contribution is 0.468. The average Bonchev–Trinajstić information content (AvgIpc) is 2.78. The van der Waals surface area contributed by atoms with Gasteiger partial charge in [-0.1, -0.05) is 18.2 Å². The Morgan fingerprint density at radius 1 is 1.15 bits per heavy atom. The summed E-state index contributed by atoms with van der Waals surface area (Å²) in [6.45, 7) is 3.73. The maximum atomic E-state index is 11.9. The first-order valence-corrected chi connectivity index (χ1v) is 7.06. The van der Waals surface area contributed by atoms with Crippen molar-refractivity contribution in [3.05, 3.63) is 46.1 Å². The molecule has 0 unspecified atom stereocenters. The zero-order valence-corrected chi connectivity index (χ0v) is 11.7. The highest BCUT2D eigenvalue weighted by atomic mass is 32.1. The van der Waals surface area contributed by atoms with Crippen molar-refractivity contribution in [2.75, 3.05) is 0 Å². The molecule has 0 bridgehead atoms. The van der Waals surface area contributed by atoms with Gasteiger partial charge in [0.05, 0.1) is 5.52 Å². The fraction of sp³-hybridized carbons (Fsp3) is 0.133. The largest absolute Gasteiger partial charge is 0.408 e. The molecule has 0 aliphatic heterocycles. The molecule has 0 N–H and O–H groups in total. The van der Waals surface area contributed by atoms with Gasteiger partial charge in [-0.3, -0.25) is 0 Å². The fourth-order valence-corrected chi connectivity index (χ4v) is 3.62. The van der Waals surface area contributed by atoms with Crippen molar-refractivity contribution in [3.63, 3.8) is 0 Å². The Morgan fingerprint density at radius 2 is 1.95 bits per heavy atom. The lowest BCUT2D eigenvalue weighted by atomic mass is 10.1. The third-order valence-electron chi connectivity index (χ3n) is 3.46. The van der Waals surface area contributed by atoms with Crippen LogP contribution >= 0.6 is 11.3 Å². The monoisotopic (exact) mass is 282 g/mol. The number of fused-ring (bicyclic) bond motifs is 4. The van der Waals surface area contributed by atoms with Gasteiger partial charge in [-0.2, -0.15) is 0 Å². The Balaban J connectivity index is 2.35. The fourth-order valence-electron chi connectivity index (χ4n) is 2.57. The van der Waals surface area contributed by atoms with Crippen LogP contribution < -0.4 is 5.63 Å². The molecule has 3 aromatic heterocycles. The first kappa shape index (κ1) is 11.5. The number of pyridine rings is 1. The minimum atomic E-state index is -0.334. The lowest BCUT2D eigenvalue weighted by Gasteiger charge is -2.03. The van der Waals surface area contributed by atoms with E-state index < -0.39 is 0 Å². The molecule has 0 aliphatic rings. The Hall–Kier alpha value is -2.27. The van der Waals surface area contributed by atoms with Gasteiger partial charge < -0.3 is 4.42 Å². The summed E-state index contributed by atoms with van der Waals surface area (Å²) in [5.41, 5.74) is 2.41. The third-order valence-corrected chi connectivity index (χ3v) is 4.52. The minimum Gasteiger partial charge on any atom is -0.408 e. The second-order valence-corrected chi connectivity index (χ2v) is 5.73. The number of benzene rings is 1. The summed E-state index contributed by atoms with van der Waals surface area (Å²) in [6.07, 6.45) is 0. The smallest absolute Gasteiger partial charge is 0.357 e. The first-order chi connectivity index (χ1) is 9.65. The van der Waals surface area contributed by atoms with Crippen LogP contribution in [0.5, 0.6) is 0 Å². The number of hydrogen-bond acceptors (Lipinski definition) is 5. The molecule has 5 heteroatoms. The number of aromatic nitrogens is 2. The summed E-state index contributed by atoms with van der Waals surface area (Å²) in [4.78, 5) is 21.8. The van der Waals surface area contributed by atoms with E-state index in [0.29, 0.717) is 16.1 Å². The molecule has 3 heterocycles. The normalized spacial score (nSPS) is 11.7. The average molecular weight is 282 g/mol. The number of hydrogen-bond donors (Lipinski definition) is 0. The van der Waals surface area contributed by atoms with Crippen LogP contribution in [-0.2, 0) is 0 Å². The van der Waals surface area contributed by atoms with Crippen LogP contribution in [0.2, 0.25) is 0 Å². The van der Waals surface area contributed by atoms with E-state index in [0.717, 1.165) is 26.7 Å². The van der Waals surface area contributed by atoms with E-state index >= 15 is 0 Å². The standard InChI is InChI=1S/C15H10N2O2S/c1-7-9-5-3-4-6-10(9)17-14-11(7)12-13(20-14)15(18)19-8(2)16-12/h3-6H,1-2H3. The number of nitrogens with zero attached hydrogens (tertiary/aromatic N) is 2. The van der Waals surface area contributed by atoms with Crippen molar-refractivity contribution in [2.24, 2.45) is 0 Å². The van der Waals surface area contributed by atoms with Crippen molar-refractivity contribution in [1.29, 1.82) is 0 Å². The Kier molecular flexibility index (Phi) is 2.23. The Labute approximate surface area is 117 Å². The minimum absolute atomic E-state index is 0.334. The number of para-hydroxylation sites is 1. The third kappa shape index (κ3) is 1.44. The van der Waals surface area contributed by atoms with Crippen LogP contribution in [0.15, 0.2) is 33.5 Å². The summed E-state index contributed by atoms with van der Waals surface area (Å²) in [6, 6.07) is 7.97. The lowest BCUT2D eigenvalue weighted by Crippen LogP contribution is -2.00. The molecular weight excluding hydrogens is 272 g/mol. The van der Waals surface area contributed by atoms with E-state index in [-0.39, 0.29) is 5.63 Å². The predicted octanol–water partition coefficient (Wildman–Crippen LogP) is 3.57. The molecule has 0 radical (unpaired) electrons. The van der Waals surface area contributed by atoms with Crippen molar-refractivity contribution in [1.82, 2.24) is 9.97 Å². The highest BCUT2D eigenvalue weighted by Gasteiger charge is 2.16. The maximum Gasteiger partial charge on any atom is 0.357 e. The summed E-state index contributed by atoms with van der Waals surface area (Å²) >= 11 is 1.35. The molecule has 0 spiro atoms. The quantitative estimate of drug-likeness (QED) is 0.495. The summed E-state index contributed by atoms with van der Waals surface area (Å²) in [5.74, 6) is 0.384. The van der Waals surface area contributed by atoms with Crippen LogP contribution in [0.1, 0.15) is 11.5 Å². The van der Waals surface area contributed by atoms with Gasteiger partial charge in [-0.05, 0) is 18.6 Å². The zero-order chi connectivity index (χ0) is 13.9. The van der Waals surface area contributed by atoms with E-state index in [1.165, 1.54) is 11.3 Å². The molecule has 0 aliphatic carbocycles. The predicted molar refractivity (Wildman–Crippen MR) is 80.4 cm³/mol. The molecule has 4 aromatic rings. The molecule has 20 heavy (non-hydrogen) atoms. The van der Waals surface area contributed by atoms with Crippen molar-refractivity contribution in [3.8, 4) is 0 Å². The number of rotatable bonds is 0. The molecule has 0 amide bonds. The Bertz CT molecular complexity index is 1050. The van der Waals surface area contributed by atoms with Crippen LogP contribution in [-0.4, -0.2) is 9.97 Å². The maximum absolute atomic E-state index is 11.9. The van der Waals surface area contributed by atoms with Gasteiger partial charge in [0.2, 0.25) is 0 Å². The molecule has 0 fully saturated rings. The summed E-state index contributed by atoms with van der Waals surface area (Å²) in [5, 5.41) is 2.05. The molecular formula is C15H10N2O2S. The second-order valence-electron chi connectivity index (χ2n) is 4.73. The molecule has 98 valence electrons. The van der Waals surface area contributed by atoms with Crippen molar-refractivity contribution >= 4 is 42.7 Å². The van der Waals surface area contributed by atoms with Crippen molar-refractivity contribution in [2.45, 2.75) is 13.8 Å². The molecule has 4 nitrogen and oxygen atoms in total. The van der Waals surface area contributed by atoms with E-state index in [4.69, 9.17) is 4.42 Å². The topological polar surface area (TPSA) is 56.0 Å². The molecule has 0 saturated heterocycles. The van der Waals surface area contributed by atoms with Crippen LogP contribution in [0, 0.1) is 13.8 Å². The van der Waals surface area contributed by atoms with E-state index in [2.05, 4.69) is 9.97 Å². The van der Waals surface area contributed by atoms with Gasteiger partial charge in [-0.25, -0.2) is 14.8 Å². The van der Waals surface area contributed by atoms with Crippen molar-refractivity contribution < 1.29 is 4.42 Å². The van der Waals surface area contributed by atoms with Crippen LogP contribution in [0.25, 0.3) is 31.3 Å². The van der Waals surface area contributed by atoms with E-state index in [9.17, 15) is 4.79 Å². The van der Waals surface area contributed by atoms with E-state index in [1.807, 2.05) is 31.2 Å². The van der Waals surface area contributed by atoms with Gasteiger partial charge in [0.25, 0.3) is 0 Å². The highest BCUT2D eigenvalue weighted by molar-refractivity contribution is 7.25. The molecule has 1 aromatic carbocycles. The zero-order valence-electron chi connectivity index (χ0n) is 10.9. The first-order valence-electron chi connectivity index (χ1n) is 6.24.